The molecule has 8 nitrogen and oxygen atoms in total. The monoisotopic (exact) mass is 474 g/mol. The van der Waals surface area contributed by atoms with Gasteiger partial charge >= 0.3 is 17.3 Å². The fourth-order valence-corrected chi connectivity index (χ4v) is 4.15. The first-order valence-corrected chi connectivity index (χ1v) is 11.9. The van der Waals surface area contributed by atoms with E-state index < -0.39 is 23.3 Å². The number of aryl methyl sites for hydroxylation is 1. The maximum Gasteiger partial charge on any atom is 0.335 e. The summed E-state index contributed by atoms with van der Waals surface area (Å²) in [4.78, 5) is 44.7. The van der Waals surface area contributed by atoms with Gasteiger partial charge in [-0.3, -0.25) is 14.3 Å². The Balaban J connectivity index is 1.78. The third-order valence-electron chi connectivity index (χ3n) is 6.28. The average molecular weight is 475 g/mol. The second-order valence-corrected chi connectivity index (χ2v) is 9.09. The predicted octanol–water partition coefficient (Wildman–Crippen LogP) is 3.61. The Morgan fingerprint density at radius 1 is 1.06 bits per heavy atom. The zero-order valence-electron chi connectivity index (χ0n) is 20.0. The van der Waals surface area contributed by atoms with Crippen LogP contribution in [-0.4, -0.2) is 25.2 Å². The number of allylic oxidation sites excluding steroid dienone is 2. The molecule has 1 atom stereocenters. The van der Waals surface area contributed by atoms with E-state index in [0.717, 1.165) is 34.1 Å². The van der Waals surface area contributed by atoms with E-state index in [-0.39, 0.29) is 18.7 Å². The van der Waals surface area contributed by atoms with E-state index in [1.165, 1.54) is 29.9 Å². The number of carbonyl (C=O) groups is 1. The van der Waals surface area contributed by atoms with Crippen LogP contribution in [0.15, 0.2) is 69.2 Å². The van der Waals surface area contributed by atoms with Crippen LogP contribution >= 0.6 is 0 Å². The van der Waals surface area contributed by atoms with Crippen molar-refractivity contribution < 1.29 is 9.90 Å². The summed E-state index contributed by atoms with van der Waals surface area (Å²) in [5.41, 5.74) is 3.86. The number of carboxylic acids is 1. The summed E-state index contributed by atoms with van der Waals surface area (Å²) in [7, 11) is 0. The zero-order chi connectivity index (χ0) is 24.9. The van der Waals surface area contributed by atoms with Gasteiger partial charge in [-0.15, -0.1) is 0 Å². The van der Waals surface area contributed by atoms with Crippen LogP contribution in [0.1, 0.15) is 49.3 Å². The molecule has 0 saturated carbocycles. The van der Waals surface area contributed by atoms with Gasteiger partial charge in [-0.05, 0) is 61.4 Å². The molecular weight excluding hydrogens is 444 g/mol. The fraction of sp³-hybridized carbons (Fsp3) is 0.333. The number of aliphatic carboxylic acids is 1. The highest BCUT2D eigenvalue weighted by Crippen LogP contribution is 2.27. The number of nitrogens with one attached hydrogen (secondary N) is 1. The predicted molar refractivity (Wildman–Crippen MR) is 135 cm³/mol. The highest BCUT2D eigenvalue weighted by atomic mass is 16.4. The van der Waals surface area contributed by atoms with Gasteiger partial charge in [-0.1, -0.05) is 55.0 Å². The molecule has 0 bridgehead atoms. The van der Waals surface area contributed by atoms with Gasteiger partial charge in [0.2, 0.25) is 5.62 Å². The molecule has 182 valence electrons. The minimum atomic E-state index is -1.08. The molecule has 2 aromatic carbocycles. The molecule has 0 aliphatic heterocycles. The number of hydrogen-bond acceptors (Lipinski definition) is 4. The van der Waals surface area contributed by atoms with E-state index in [2.05, 4.69) is 16.1 Å². The van der Waals surface area contributed by atoms with Crippen molar-refractivity contribution in [2.45, 2.75) is 52.6 Å². The van der Waals surface area contributed by atoms with Gasteiger partial charge < -0.3 is 5.11 Å². The van der Waals surface area contributed by atoms with E-state index in [1.807, 2.05) is 55.5 Å². The van der Waals surface area contributed by atoms with Crippen molar-refractivity contribution in [3.63, 3.8) is 0 Å². The van der Waals surface area contributed by atoms with Crippen molar-refractivity contribution in [2.75, 3.05) is 0 Å². The number of H-pyrrole nitrogens is 1. The highest BCUT2D eigenvalue weighted by Gasteiger charge is 2.17. The smallest absolute Gasteiger partial charge is 0.335 e. The van der Waals surface area contributed by atoms with Crippen molar-refractivity contribution in [1.82, 2.24) is 14.1 Å². The Labute approximate surface area is 202 Å². The van der Waals surface area contributed by atoms with Gasteiger partial charge in [0.05, 0.1) is 18.2 Å². The molecule has 0 radical (unpaired) electrons. The molecule has 35 heavy (non-hydrogen) atoms. The first-order chi connectivity index (χ1) is 16.8. The van der Waals surface area contributed by atoms with Crippen LogP contribution in [0, 0.1) is 12.8 Å². The van der Waals surface area contributed by atoms with E-state index in [9.17, 15) is 19.5 Å². The maximum absolute atomic E-state index is 13.3. The van der Waals surface area contributed by atoms with Gasteiger partial charge in [0, 0.05) is 6.54 Å². The van der Waals surface area contributed by atoms with Crippen molar-refractivity contribution in [3.05, 3.63) is 97.9 Å². The van der Waals surface area contributed by atoms with Crippen molar-refractivity contribution >= 4 is 17.2 Å². The van der Waals surface area contributed by atoms with Crippen molar-refractivity contribution in [2.24, 2.45) is 10.9 Å². The van der Waals surface area contributed by atoms with Gasteiger partial charge in [0.25, 0.3) is 0 Å². The standard InChI is InChI=1S/C27H30N4O4/c1-18-8-10-20(11-9-18)17-30-25(29-26(34)31(27(30)35)16-19(2)24(32)33)28-23-14-12-22(13-15-23)21-6-4-3-5-7-21/h6,8-15,19H,3-5,7,16-17H2,1-2H3,(H,32,33)(H,28,29,34)/t19-/m0/s1. The number of aromatic nitrogens is 3. The number of benzene rings is 2. The van der Waals surface area contributed by atoms with E-state index in [1.54, 1.807) is 0 Å². The lowest BCUT2D eigenvalue weighted by Crippen LogP contribution is -2.51. The molecule has 0 amide bonds. The van der Waals surface area contributed by atoms with Crippen LogP contribution in [0.4, 0.5) is 5.69 Å². The molecule has 1 aromatic heterocycles. The third kappa shape index (κ3) is 5.77. The molecule has 1 heterocycles. The SMILES string of the molecule is Cc1ccc(Cn2c(=O)n(C[C@H](C)C(=O)O)c(=O)[nH]/c2=N\c2ccc(C3=CCCCC3)cc2)cc1. The van der Waals surface area contributed by atoms with Gasteiger partial charge in [-0.2, -0.15) is 0 Å². The summed E-state index contributed by atoms with van der Waals surface area (Å²) in [6.45, 7) is 3.38. The Morgan fingerprint density at radius 3 is 2.40 bits per heavy atom. The minimum absolute atomic E-state index is 0.115. The summed E-state index contributed by atoms with van der Waals surface area (Å²) in [6.07, 6.45) is 6.85. The van der Waals surface area contributed by atoms with E-state index >= 15 is 0 Å². The quantitative estimate of drug-likeness (QED) is 0.545. The van der Waals surface area contributed by atoms with Gasteiger partial charge in [0.1, 0.15) is 0 Å². The molecule has 0 saturated heterocycles. The van der Waals surface area contributed by atoms with Gasteiger partial charge in [-0.25, -0.2) is 19.1 Å². The molecule has 4 rings (SSSR count). The summed E-state index contributed by atoms with van der Waals surface area (Å²) < 4.78 is 2.29. The summed E-state index contributed by atoms with van der Waals surface area (Å²) in [5, 5.41) is 9.26. The molecule has 0 fully saturated rings. The Bertz CT molecular complexity index is 1420. The average Bonchev–Trinajstić information content (AvgIpc) is 2.86. The zero-order valence-corrected chi connectivity index (χ0v) is 20.0. The van der Waals surface area contributed by atoms with Crippen LogP contribution in [0.3, 0.4) is 0 Å². The Hall–Kier alpha value is -3.94. The van der Waals surface area contributed by atoms with E-state index in [0.29, 0.717) is 5.69 Å². The van der Waals surface area contributed by atoms with Crippen LogP contribution in [0.25, 0.3) is 5.57 Å². The highest BCUT2D eigenvalue weighted by molar-refractivity contribution is 5.69. The fourth-order valence-electron chi connectivity index (χ4n) is 4.15. The lowest BCUT2D eigenvalue weighted by atomic mass is 9.94. The molecule has 0 spiro atoms. The summed E-state index contributed by atoms with van der Waals surface area (Å²) in [6, 6.07) is 15.5. The van der Waals surface area contributed by atoms with Crippen LogP contribution in [0.2, 0.25) is 0 Å². The van der Waals surface area contributed by atoms with Crippen molar-refractivity contribution in [3.8, 4) is 0 Å². The van der Waals surface area contributed by atoms with E-state index in [4.69, 9.17) is 0 Å². The maximum atomic E-state index is 13.3. The molecule has 3 aromatic rings. The summed E-state index contributed by atoms with van der Waals surface area (Å²) >= 11 is 0. The van der Waals surface area contributed by atoms with Crippen LogP contribution < -0.4 is 17.0 Å². The molecular formula is C27H30N4O4. The number of aromatic amines is 1. The lowest BCUT2D eigenvalue weighted by Gasteiger charge is -2.13. The first-order valence-electron chi connectivity index (χ1n) is 11.9. The second kappa shape index (κ2) is 10.5. The molecule has 1 aliphatic rings. The topological polar surface area (TPSA) is 109 Å². The normalized spacial score (nSPS) is 15.0. The van der Waals surface area contributed by atoms with Gasteiger partial charge in [0.15, 0.2) is 0 Å². The minimum Gasteiger partial charge on any atom is -0.481 e. The first kappa shape index (κ1) is 24.2. The number of hydrogen-bond donors (Lipinski definition) is 2. The number of rotatable bonds is 7. The van der Waals surface area contributed by atoms with Crippen LogP contribution in [0.5, 0.6) is 0 Å². The molecule has 0 unspecified atom stereocenters. The molecule has 2 N–H and O–H groups in total. The summed E-state index contributed by atoms with van der Waals surface area (Å²) in [5.74, 6) is -1.98. The van der Waals surface area contributed by atoms with Crippen molar-refractivity contribution in [1.29, 1.82) is 0 Å². The number of nitrogens with zero attached hydrogens (tertiary/aromatic N) is 3. The molecule has 8 heteroatoms. The number of carboxylic acid groups (broad SMARTS) is 1. The largest absolute Gasteiger partial charge is 0.481 e. The Morgan fingerprint density at radius 2 is 1.77 bits per heavy atom. The third-order valence-corrected chi connectivity index (χ3v) is 6.28. The molecule has 1 aliphatic carbocycles. The Kier molecular flexibility index (Phi) is 7.29. The van der Waals surface area contributed by atoms with Crippen LogP contribution in [-0.2, 0) is 17.9 Å². The second-order valence-electron chi connectivity index (χ2n) is 9.09. The lowest BCUT2D eigenvalue weighted by molar-refractivity contribution is -0.141.